The number of sulfonamides is 1. The molecule has 0 radical (unpaired) electrons. The number of nitrogens with one attached hydrogen (secondary N) is 1. The van der Waals surface area contributed by atoms with Gasteiger partial charge in [0.2, 0.25) is 10.0 Å². The maximum Gasteiger partial charge on any atom is 0.240 e. The lowest BCUT2D eigenvalue weighted by Crippen LogP contribution is -2.36. The topological polar surface area (TPSA) is 67.9 Å². The van der Waals surface area contributed by atoms with E-state index in [1.165, 1.54) is 0 Å². The molecule has 140 valence electrons. The van der Waals surface area contributed by atoms with E-state index in [1.54, 1.807) is 24.3 Å². The Bertz CT molecular complexity index is 798. The van der Waals surface area contributed by atoms with Gasteiger partial charge in [0, 0.05) is 25.3 Å². The fourth-order valence-electron chi connectivity index (χ4n) is 2.79. The summed E-state index contributed by atoms with van der Waals surface area (Å²) in [6.07, 6.45) is 0. The number of hydrogen-bond acceptors (Lipinski definition) is 5. The highest BCUT2D eigenvalue weighted by atomic mass is 32.2. The van der Waals surface area contributed by atoms with E-state index in [-0.39, 0.29) is 11.4 Å². The van der Waals surface area contributed by atoms with Crippen molar-refractivity contribution in [1.29, 1.82) is 0 Å². The zero-order valence-electron chi connectivity index (χ0n) is 14.8. The smallest absolute Gasteiger partial charge is 0.240 e. The Kier molecular flexibility index (Phi) is 6.13. The zero-order valence-corrected chi connectivity index (χ0v) is 15.7. The largest absolute Gasteiger partial charge is 0.494 e. The SMILES string of the molecule is CCOc1ccc(S(=O)(=O)NCc2ccc(N3CCOCC3)cc2)cc1. The van der Waals surface area contributed by atoms with Gasteiger partial charge in [0.05, 0.1) is 24.7 Å². The molecule has 0 amide bonds. The second-order valence-corrected chi connectivity index (χ2v) is 7.76. The fraction of sp³-hybridized carbons (Fsp3) is 0.368. The molecule has 0 spiro atoms. The van der Waals surface area contributed by atoms with Crippen molar-refractivity contribution < 1.29 is 17.9 Å². The monoisotopic (exact) mass is 376 g/mol. The molecule has 3 rings (SSSR count). The average molecular weight is 376 g/mol. The van der Waals surface area contributed by atoms with Crippen molar-refractivity contribution >= 4 is 15.7 Å². The van der Waals surface area contributed by atoms with Gasteiger partial charge >= 0.3 is 0 Å². The van der Waals surface area contributed by atoms with Crippen molar-refractivity contribution in [2.45, 2.75) is 18.4 Å². The number of rotatable bonds is 7. The molecule has 2 aromatic rings. The van der Waals surface area contributed by atoms with Crippen molar-refractivity contribution in [1.82, 2.24) is 4.72 Å². The van der Waals surface area contributed by atoms with Crippen molar-refractivity contribution in [3.63, 3.8) is 0 Å². The predicted molar refractivity (Wildman–Crippen MR) is 101 cm³/mol. The molecule has 1 aliphatic rings. The van der Waals surface area contributed by atoms with Crippen LogP contribution in [0.3, 0.4) is 0 Å². The van der Waals surface area contributed by atoms with Gasteiger partial charge in [-0.15, -0.1) is 0 Å². The van der Waals surface area contributed by atoms with Crippen molar-refractivity contribution in [3.05, 3.63) is 54.1 Å². The fourth-order valence-corrected chi connectivity index (χ4v) is 3.81. The van der Waals surface area contributed by atoms with Crippen LogP contribution in [-0.4, -0.2) is 41.3 Å². The molecule has 26 heavy (non-hydrogen) atoms. The zero-order chi connectivity index (χ0) is 18.4. The van der Waals surface area contributed by atoms with Gasteiger partial charge in [-0.1, -0.05) is 12.1 Å². The van der Waals surface area contributed by atoms with Crippen LogP contribution in [0.4, 0.5) is 5.69 Å². The van der Waals surface area contributed by atoms with E-state index in [4.69, 9.17) is 9.47 Å². The number of benzene rings is 2. The minimum absolute atomic E-state index is 0.228. The maximum atomic E-state index is 12.4. The van der Waals surface area contributed by atoms with Crippen LogP contribution in [0.5, 0.6) is 5.75 Å². The van der Waals surface area contributed by atoms with Crippen molar-refractivity contribution in [2.24, 2.45) is 0 Å². The molecule has 0 unspecified atom stereocenters. The van der Waals surface area contributed by atoms with Crippen molar-refractivity contribution in [2.75, 3.05) is 37.8 Å². The number of nitrogens with zero attached hydrogens (tertiary/aromatic N) is 1. The van der Waals surface area contributed by atoms with Gasteiger partial charge in [0.25, 0.3) is 0 Å². The highest BCUT2D eigenvalue weighted by molar-refractivity contribution is 7.89. The van der Waals surface area contributed by atoms with E-state index in [9.17, 15) is 8.42 Å². The van der Waals surface area contributed by atoms with Crippen LogP contribution < -0.4 is 14.4 Å². The number of hydrogen-bond donors (Lipinski definition) is 1. The van der Waals surface area contributed by atoms with Gasteiger partial charge in [-0.3, -0.25) is 0 Å². The summed E-state index contributed by atoms with van der Waals surface area (Å²) < 4.78 is 38.2. The Labute approximate surface area is 154 Å². The summed E-state index contributed by atoms with van der Waals surface area (Å²) in [7, 11) is -3.55. The quantitative estimate of drug-likeness (QED) is 0.804. The van der Waals surface area contributed by atoms with Gasteiger partial charge in [0.1, 0.15) is 5.75 Å². The molecular formula is C19H24N2O4S. The molecule has 7 heteroatoms. The summed E-state index contributed by atoms with van der Waals surface area (Å²) in [5, 5.41) is 0. The molecule has 1 fully saturated rings. The third-order valence-corrected chi connectivity index (χ3v) is 5.64. The summed E-state index contributed by atoms with van der Waals surface area (Å²) in [4.78, 5) is 2.49. The van der Waals surface area contributed by atoms with Crippen LogP contribution in [0.15, 0.2) is 53.4 Å². The van der Waals surface area contributed by atoms with Crippen molar-refractivity contribution in [3.8, 4) is 5.75 Å². The van der Waals surface area contributed by atoms with Crippen LogP contribution >= 0.6 is 0 Å². The maximum absolute atomic E-state index is 12.4. The van der Waals surface area contributed by atoms with E-state index >= 15 is 0 Å². The first kappa shape index (κ1) is 18.7. The Morgan fingerprint density at radius 2 is 1.69 bits per heavy atom. The lowest BCUT2D eigenvalue weighted by atomic mass is 10.2. The number of ether oxygens (including phenoxy) is 2. The van der Waals surface area contributed by atoms with E-state index in [0.717, 1.165) is 37.6 Å². The van der Waals surface area contributed by atoms with E-state index in [1.807, 2.05) is 31.2 Å². The first-order valence-corrected chi connectivity index (χ1v) is 10.2. The number of anilines is 1. The van der Waals surface area contributed by atoms with Crippen LogP contribution in [0, 0.1) is 0 Å². The Morgan fingerprint density at radius 3 is 2.31 bits per heavy atom. The third kappa shape index (κ3) is 4.75. The summed E-state index contributed by atoms with van der Waals surface area (Å²) in [6, 6.07) is 14.4. The molecule has 6 nitrogen and oxygen atoms in total. The first-order valence-electron chi connectivity index (χ1n) is 8.72. The molecule has 1 heterocycles. The standard InChI is InChI=1S/C19H24N2O4S/c1-2-25-18-7-9-19(10-8-18)26(22,23)20-15-16-3-5-17(6-4-16)21-11-13-24-14-12-21/h3-10,20H,2,11-15H2,1H3. The van der Waals surface area contributed by atoms with Crippen LogP contribution in [0.2, 0.25) is 0 Å². The normalized spacial score (nSPS) is 15.0. The minimum atomic E-state index is -3.55. The Hall–Kier alpha value is -2.09. The first-order chi connectivity index (χ1) is 12.6. The van der Waals surface area contributed by atoms with Gasteiger partial charge in [-0.05, 0) is 48.9 Å². The third-order valence-electron chi connectivity index (χ3n) is 4.22. The van der Waals surface area contributed by atoms with Crippen LogP contribution in [0.25, 0.3) is 0 Å². The second-order valence-electron chi connectivity index (χ2n) is 5.99. The van der Waals surface area contributed by atoms with E-state index < -0.39 is 10.0 Å². The molecule has 1 N–H and O–H groups in total. The van der Waals surface area contributed by atoms with Gasteiger partial charge in [0.15, 0.2) is 0 Å². The Morgan fingerprint density at radius 1 is 1.04 bits per heavy atom. The Balaban J connectivity index is 1.60. The summed E-state index contributed by atoms with van der Waals surface area (Å²) in [5.74, 6) is 0.658. The molecule has 0 aliphatic carbocycles. The molecular weight excluding hydrogens is 352 g/mol. The summed E-state index contributed by atoms with van der Waals surface area (Å²) in [5.41, 5.74) is 2.04. The van der Waals surface area contributed by atoms with Gasteiger partial charge < -0.3 is 14.4 Å². The molecule has 0 saturated carbocycles. The minimum Gasteiger partial charge on any atom is -0.494 e. The summed E-state index contributed by atoms with van der Waals surface area (Å²) in [6.45, 7) is 5.92. The lowest BCUT2D eigenvalue weighted by Gasteiger charge is -2.28. The number of morpholine rings is 1. The highest BCUT2D eigenvalue weighted by Gasteiger charge is 2.14. The average Bonchev–Trinajstić information content (AvgIpc) is 2.68. The molecule has 1 aliphatic heterocycles. The molecule has 0 atom stereocenters. The van der Waals surface area contributed by atoms with Gasteiger partial charge in [-0.2, -0.15) is 0 Å². The van der Waals surface area contributed by atoms with Crippen LogP contribution in [-0.2, 0) is 21.3 Å². The second kappa shape index (κ2) is 8.53. The van der Waals surface area contributed by atoms with E-state index in [0.29, 0.717) is 12.4 Å². The van der Waals surface area contributed by atoms with Gasteiger partial charge in [-0.25, -0.2) is 13.1 Å². The molecule has 0 bridgehead atoms. The molecule has 0 aromatic heterocycles. The lowest BCUT2D eigenvalue weighted by molar-refractivity contribution is 0.122. The highest BCUT2D eigenvalue weighted by Crippen LogP contribution is 2.18. The van der Waals surface area contributed by atoms with Crippen LogP contribution in [0.1, 0.15) is 12.5 Å². The molecule has 2 aromatic carbocycles. The summed E-state index contributed by atoms with van der Waals surface area (Å²) >= 11 is 0. The van der Waals surface area contributed by atoms with E-state index in [2.05, 4.69) is 9.62 Å². The molecule has 1 saturated heterocycles. The predicted octanol–water partition coefficient (Wildman–Crippen LogP) is 2.40.